The van der Waals surface area contributed by atoms with Gasteiger partial charge in [0.25, 0.3) is 0 Å². The first-order valence-corrected chi connectivity index (χ1v) is 10.1. The topological polar surface area (TPSA) is 52.0 Å². The molecule has 1 aliphatic carbocycles. The third-order valence-electron chi connectivity index (χ3n) is 6.23. The van der Waals surface area contributed by atoms with Crippen LogP contribution >= 0.6 is 0 Å². The van der Waals surface area contributed by atoms with Gasteiger partial charge in [-0.3, -0.25) is 0 Å². The van der Waals surface area contributed by atoms with Crippen molar-refractivity contribution in [1.82, 2.24) is 19.9 Å². The SMILES string of the molecule is Cc1cc(OC2CCC(n3ccc4c(C)ncnc43)C2)c2c(c1F)CCNC2. The standard InChI is InChI=1S/C22H25FN4O/c1-13-9-20(19-11-24-7-5-18(19)21(13)23)28-16-4-3-15(10-16)27-8-6-17-14(2)25-12-26-22(17)27/h6,8-9,12,15-16,24H,3-5,7,10-11H2,1-2H3. The first kappa shape index (κ1) is 17.6. The molecule has 5 rings (SSSR count). The van der Waals surface area contributed by atoms with E-state index in [4.69, 9.17) is 4.74 Å². The minimum Gasteiger partial charge on any atom is -0.490 e. The molecule has 0 bridgehead atoms. The van der Waals surface area contributed by atoms with E-state index >= 15 is 0 Å². The summed E-state index contributed by atoms with van der Waals surface area (Å²) in [5.41, 5.74) is 4.50. The number of fused-ring (bicyclic) bond motifs is 2. The fraction of sp³-hybridized carbons (Fsp3) is 0.455. The largest absolute Gasteiger partial charge is 0.490 e. The lowest BCUT2D eigenvalue weighted by Gasteiger charge is -2.24. The molecule has 28 heavy (non-hydrogen) atoms. The Bertz CT molecular complexity index is 1040. The van der Waals surface area contributed by atoms with Gasteiger partial charge >= 0.3 is 0 Å². The Kier molecular flexibility index (Phi) is 4.31. The van der Waals surface area contributed by atoms with Gasteiger partial charge in [-0.25, -0.2) is 14.4 Å². The fourth-order valence-electron chi connectivity index (χ4n) is 4.70. The van der Waals surface area contributed by atoms with E-state index in [0.29, 0.717) is 18.2 Å². The number of benzene rings is 1. The van der Waals surface area contributed by atoms with Crippen LogP contribution in [0.5, 0.6) is 5.75 Å². The molecule has 2 aliphatic rings. The van der Waals surface area contributed by atoms with Crippen LogP contribution in [0.25, 0.3) is 11.0 Å². The minimum absolute atomic E-state index is 0.0676. The molecule has 0 spiro atoms. The minimum atomic E-state index is -0.0676. The van der Waals surface area contributed by atoms with Crippen molar-refractivity contribution in [3.8, 4) is 5.75 Å². The maximum absolute atomic E-state index is 14.5. The van der Waals surface area contributed by atoms with Gasteiger partial charge in [0, 0.05) is 36.2 Å². The summed E-state index contributed by atoms with van der Waals surface area (Å²) < 4.78 is 23.2. The van der Waals surface area contributed by atoms with Crippen LogP contribution in [0.15, 0.2) is 24.7 Å². The predicted molar refractivity (Wildman–Crippen MR) is 106 cm³/mol. The molecule has 0 amide bonds. The molecule has 6 heteroatoms. The van der Waals surface area contributed by atoms with Crippen LogP contribution in [-0.4, -0.2) is 27.2 Å². The summed E-state index contributed by atoms with van der Waals surface area (Å²) in [7, 11) is 0. The number of aryl methyl sites for hydroxylation is 2. The maximum Gasteiger partial charge on any atom is 0.143 e. The lowest BCUT2D eigenvalue weighted by Crippen LogP contribution is -2.26. The van der Waals surface area contributed by atoms with Gasteiger partial charge < -0.3 is 14.6 Å². The summed E-state index contributed by atoms with van der Waals surface area (Å²) >= 11 is 0. The maximum atomic E-state index is 14.5. The molecule has 2 unspecified atom stereocenters. The van der Waals surface area contributed by atoms with Crippen LogP contribution in [0, 0.1) is 19.7 Å². The van der Waals surface area contributed by atoms with Crippen LogP contribution in [0.4, 0.5) is 4.39 Å². The third kappa shape index (κ3) is 2.87. The van der Waals surface area contributed by atoms with E-state index in [9.17, 15) is 4.39 Å². The molecular formula is C22H25FN4O. The van der Waals surface area contributed by atoms with Crippen molar-refractivity contribution in [2.75, 3.05) is 6.54 Å². The lowest BCUT2D eigenvalue weighted by molar-refractivity contribution is 0.201. The summed E-state index contributed by atoms with van der Waals surface area (Å²) in [6.45, 7) is 5.34. The van der Waals surface area contributed by atoms with E-state index in [1.165, 1.54) is 0 Å². The number of hydrogen-bond donors (Lipinski definition) is 1. The van der Waals surface area contributed by atoms with Crippen LogP contribution in [-0.2, 0) is 13.0 Å². The van der Waals surface area contributed by atoms with E-state index in [2.05, 4.69) is 32.1 Å². The van der Waals surface area contributed by atoms with E-state index in [-0.39, 0.29) is 11.9 Å². The van der Waals surface area contributed by atoms with E-state index in [0.717, 1.165) is 65.8 Å². The number of aromatic nitrogens is 3. The Morgan fingerprint density at radius 3 is 3.00 bits per heavy atom. The average Bonchev–Trinajstić information content (AvgIpc) is 3.33. The molecule has 3 aromatic rings. The van der Waals surface area contributed by atoms with Crippen molar-refractivity contribution >= 4 is 11.0 Å². The average molecular weight is 380 g/mol. The van der Waals surface area contributed by atoms with Gasteiger partial charge in [-0.2, -0.15) is 0 Å². The first-order chi connectivity index (χ1) is 13.6. The Labute approximate surface area is 163 Å². The Morgan fingerprint density at radius 1 is 1.21 bits per heavy atom. The number of halogens is 1. The molecule has 2 aromatic heterocycles. The zero-order valence-corrected chi connectivity index (χ0v) is 16.3. The Hall–Kier alpha value is -2.47. The molecular weight excluding hydrogens is 355 g/mol. The van der Waals surface area contributed by atoms with Crippen molar-refractivity contribution in [1.29, 1.82) is 0 Å². The van der Waals surface area contributed by atoms with Crippen LogP contribution in [0.1, 0.15) is 47.7 Å². The second-order valence-corrected chi connectivity index (χ2v) is 8.02. The van der Waals surface area contributed by atoms with Gasteiger partial charge in [-0.05, 0) is 62.9 Å². The molecule has 0 radical (unpaired) electrons. The molecule has 146 valence electrons. The molecule has 3 heterocycles. The van der Waals surface area contributed by atoms with Crippen LogP contribution in [0.3, 0.4) is 0 Å². The number of nitrogens with zero attached hydrogens (tertiary/aromatic N) is 3. The molecule has 1 aliphatic heterocycles. The van der Waals surface area contributed by atoms with Crippen molar-refractivity contribution < 1.29 is 9.13 Å². The van der Waals surface area contributed by atoms with Gasteiger partial charge in [0.1, 0.15) is 29.6 Å². The highest BCUT2D eigenvalue weighted by Crippen LogP contribution is 2.37. The summed E-state index contributed by atoms with van der Waals surface area (Å²) in [5.74, 6) is 0.782. The van der Waals surface area contributed by atoms with E-state index < -0.39 is 0 Å². The summed E-state index contributed by atoms with van der Waals surface area (Å²) in [4.78, 5) is 8.78. The van der Waals surface area contributed by atoms with Crippen molar-refractivity contribution in [2.24, 2.45) is 0 Å². The van der Waals surface area contributed by atoms with Crippen molar-refractivity contribution in [3.05, 3.63) is 52.9 Å². The molecule has 0 saturated heterocycles. The summed E-state index contributed by atoms with van der Waals surface area (Å²) in [6.07, 6.45) is 7.60. The zero-order valence-electron chi connectivity index (χ0n) is 16.3. The first-order valence-electron chi connectivity index (χ1n) is 10.1. The van der Waals surface area contributed by atoms with Crippen LogP contribution in [0.2, 0.25) is 0 Å². The van der Waals surface area contributed by atoms with Gasteiger partial charge in [0.2, 0.25) is 0 Å². The molecule has 1 aromatic carbocycles. The quantitative estimate of drug-likeness (QED) is 0.746. The number of rotatable bonds is 3. The van der Waals surface area contributed by atoms with Gasteiger partial charge in [0.05, 0.1) is 5.69 Å². The van der Waals surface area contributed by atoms with E-state index in [1.807, 2.05) is 19.9 Å². The monoisotopic (exact) mass is 380 g/mol. The summed E-state index contributed by atoms with van der Waals surface area (Å²) in [5, 5.41) is 4.46. The molecule has 2 atom stereocenters. The molecule has 1 N–H and O–H groups in total. The highest BCUT2D eigenvalue weighted by Gasteiger charge is 2.30. The van der Waals surface area contributed by atoms with Crippen LogP contribution < -0.4 is 10.1 Å². The van der Waals surface area contributed by atoms with Gasteiger partial charge in [0.15, 0.2) is 0 Å². The van der Waals surface area contributed by atoms with Crippen molar-refractivity contribution in [2.45, 2.75) is 58.2 Å². The lowest BCUT2D eigenvalue weighted by atomic mass is 9.96. The molecule has 1 fully saturated rings. The second kappa shape index (κ2) is 6.85. The fourth-order valence-corrected chi connectivity index (χ4v) is 4.70. The number of nitrogens with one attached hydrogen (secondary N) is 1. The van der Waals surface area contributed by atoms with Gasteiger partial charge in [-0.15, -0.1) is 0 Å². The highest BCUT2D eigenvalue weighted by molar-refractivity contribution is 5.78. The Morgan fingerprint density at radius 2 is 2.11 bits per heavy atom. The Balaban J connectivity index is 1.39. The van der Waals surface area contributed by atoms with Gasteiger partial charge in [-0.1, -0.05) is 0 Å². The zero-order chi connectivity index (χ0) is 19.3. The number of hydrogen-bond acceptors (Lipinski definition) is 4. The second-order valence-electron chi connectivity index (χ2n) is 8.02. The smallest absolute Gasteiger partial charge is 0.143 e. The van der Waals surface area contributed by atoms with E-state index in [1.54, 1.807) is 6.33 Å². The van der Waals surface area contributed by atoms with Crippen molar-refractivity contribution in [3.63, 3.8) is 0 Å². The summed E-state index contributed by atoms with van der Waals surface area (Å²) in [6, 6.07) is 4.34. The normalized spacial score (nSPS) is 21.8. The third-order valence-corrected chi connectivity index (χ3v) is 6.23. The highest BCUT2D eigenvalue weighted by atomic mass is 19.1. The number of ether oxygens (including phenoxy) is 1. The molecule has 5 nitrogen and oxygen atoms in total. The molecule has 1 saturated carbocycles. The predicted octanol–water partition coefficient (Wildman–Crippen LogP) is 4.01.